The number of carbonyl (C=O) groups is 1. The highest BCUT2D eigenvalue weighted by Crippen LogP contribution is 2.26. The molecule has 3 nitrogen and oxygen atoms in total. The van der Waals surface area contributed by atoms with E-state index in [1.54, 1.807) is 12.1 Å². The van der Waals surface area contributed by atoms with E-state index < -0.39 is 12.0 Å². The van der Waals surface area contributed by atoms with Crippen LogP contribution >= 0.6 is 11.6 Å². The smallest absolute Gasteiger partial charge is 0.258 e. The predicted molar refractivity (Wildman–Crippen MR) is 60.1 cm³/mol. The fourth-order valence-electron chi connectivity index (χ4n) is 1.20. The van der Waals surface area contributed by atoms with Gasteiger partial charge in [-0.1, -0.05) is 24.6 Å². The number of aryl methyl sites for hydroxylation is 1. The molecule has 0 aromatic heterocycles. The molecule has 0 saturated heterocycles. The maximum atomic E-state index is 11.0. The van der Waals surface area contributed by atoms with Crippen molar-refractivity contribution in [2.75, 3.05) is 0 Å². The third-order valence-electron chi connectivity index (χ3n) is 2.04. The lowest BCUT2D eigenvalue weighted by molar-refractivity contribution is -0.124. The third kappa shape index (κ3) is 3.13. The molecule has 1 atom stereocenters. The van der Waals surface area contributed by atoms with E-state index in [2.05, 4.69) is 0 Å². The molecule has 82 valence electrons. The summed E-state index contributed by atoms with van der Waals surface area (Å²) in [4.78, 5) is 11.0. The Hall–Kier alpha value is -1.22. The van der Waals surface area contributed by atoms with Crippen LogP contribution in [-0.4, -0.2) is 12.0 Å². The first-order chi connectivity index (χ1) is 7.04. The monoisotopic (exact) mass is 227 g/mol. The molecule has 0 saturated carbocycles. The first kappa shape index (κ1) is 11.9. The molecule has 15 heavy (non-hydrogen) atoms. The van der Waals surface area contributed by atoms with E-state index in [0.717, 1.165) is 5.56 Å². The molecular formula is C11H14ClNO2. The van der Waals surface area contributed by atoms with Crippen LogP contribution in [0.3, 0.4) is 0 Å². The van der Waals surface area contributed by atoms with Crippen molar-refractivity contribution in [3.63, 3.8) is 0 Å². The summed E-state index contributed by atoms with van der Waals surface area (Å²) in [6, 6.07) is 5.39. The maximum Gasteiger partial charge on any atom is 0.258 e. The predicted octanol–water partition coefficient (Wildman–Crippen LogP) is 2.29. The van der Waals surface area contributed by atoms with Crippen LogP contribution in [0, 0.1) is 6.92 Å². The summed E-state index contributed by atoms with van der Waals surface area (Å²) in [6.45, 7) is 3.76. The van der Waals surface area contributed by atoms with Crippen LogP contribution in [-0.2, 0) is 4.79 Å². The van der Waals surface area contributed by atoms with E-state index in [1.165, 1.54) is 0 Å². The van der Waals surface area contributed by atoms with Crippen molar-refractivity contribution >= 4 is 17.5 Å². The highest BCUT2D eigenvalue weighted by Gasteiger charge is 2.15. The van der Waals surface area contributed by atoms with Crippen molar-refractivity contribution in [1.82, 2.24) is 0 Å². The lowest BCUT2D eigenvalue weighted by Crippen LogP contribution is -2.33. The summed E-state index contributed by atoms with van der Waals surface area (Å²) in [5.74, 6) is 0.0158. The Kier molecular flexibility index (Phi) is 3.97. The molecule has 0 aliphatic rings. The summed E-state index contributed by atoms with van der Waals surface area (Å²) in [5, 5.41) is 0.495. The lowest BCUT2D eigenvalue weighted by Gasteiger charge is -2.15. The first-order valence-corrected chi connectivity index (χ1v) is 5.14. The third-order valence-corrected chi connectivity index (χ3v) is 2.34. The lowest BCUT2D eigenvalue weighted by atomic mass is 10.2. The van der Waals surface area contributed by atoms with Gasteiger partial charge in [0.25, 0.3) is 5.91 Å². The molecule has 1 rings (SSSR count). The van der Waals surface area contributed by atoms with Gasteiger partial charge in [0.1, 0.15) is 5.75 Å². The van der Waals surface area contributed by atoms with Gasteiger partial charge in [-0.15, -0.1) is 0 Å². The second-order valence-corrected chi connectivity index (χ2v) is 3.76. The largest absolute Gasteiger partial charge is 0.479 e. The van der Waals surface area contributed by atoms with Crippen LogP contribution in [0.2, 0.25) is 5.02 Å². The van der Waals surface area contributed by atoms with E-state index in [1.807, 2.05) is 19.9 Å². The van der Waals surface area contributed by atoms with Crippen molar-refractivity contribution in [2.45, 2.75) is 26.4 Å². The van der Waals surface area contributed by atoms with E-state index in [4.69, 9.17) is 22.1 Å². The zero-order valence-electron chi connectivity index (χ0n) is 8.79. The number of rotatable bonds is 4. The molecule has 1 amide bonds. The number of hydrogen-bond donors (Lipinski definition) is 1. The van der Waals surface area contributed by atoms with E-state index in [9.17, 15) is 4.79 Å². The normalized spacial score (nSPS) is 12.2. The fraction of sp³-hybridized carbons (Fsp3) is 0.364. The quantitative estimate of drug-likeness (QED) is 0.858. The van der Waals surface area contributed by atoms with Gasteiger partial charge in [0.15, 0.2) is 6.10 Å². The van der Waals surface area contributed by atoms with E-state index in [0.29, 0.717) is 17.2 Å². The molecule has 1 unspecified atom stereocenters. The Morgan fingerprint density at radius 3 is 2.73 bits per heavy atom. The van der Waals surface area contributed by atoms with Gasteiger partial charge in [0.05, 0.1) is 5.02 Å². The van der Waals surface area contributed by atoms with Crippen molar-refractivity contribution < 1.29 is 9.53 Å². The molecule has 2 N–H and O–H groups in total. The Labute approximate surface area is 94.2 Å². The highest BCUT2D eigenvalue weighted by molar-refractivity contribution is 6.32. The van der Waals surface area contributed by atoms with Gasteiger partial charge < -0.3 is 10.5 Å². The second kappa shape index (κ2) is 5.03. The fourth-order valence-corrected chi connectivity index (χ4v) is 1.48. The number of hydrogen-bond acceptors (Lipinski definition) is 2. The van der Waals surface area contributed by atoms with E-state index >= 15 is 0 Å². The number of carbonyl (C=O) groups excluding carboxylic acids is 1. The van der Waals surface area contributed by atoms with Gasteiger partial charge in [0.2, 0.25) is 0 Å². The molecular weight excluding hydrogens is 214 g/mol. The first-order valence-electron chi connectivity index (χ1n) is 4.76. The zero-order chi connectivity index (χ0) is 11.4. The van der Waals surface area contributed by atoms with Crippen molar-refractivity contribution in [3.8, 4) is 5.75 Å². The minimum atomic E-state index is -0.620. The number of benzene rings is 1. The summed E-state index contributed by atoms with van der Waals surface area (Å²) in [5.41, 5.74) is 6.21. The second-order valence-electron chi connectivity index (χ2n) is 3.35. The highest BCUT2D eigenvalue weighted by atomic mass is 35.5. The number of halogens is 1. The van der Waals surface area contributed by atoms with Crippen molar-refractivity contribution in [3.05, 3.63) is 28.8 Å². The van der Waals surface area contributed by atoms with Crippen LogP contribution < -0.4 is 10.5 Å². The van der Waals surface area contributed by atoms with Gasteiger partial charge in [-0.05, 0) is 31.0 Å². The van der Waals surface area contributed by atoms with Crippen LogP contribution in [0.15, 0.2) is 18.2 Å². The molecule has 0 fully saturated rings. The van der Waals surface area contributed by atoms with Crippen LogP contribution in [0.5, 0.6) is 5.75 Å². The number of ether oxygens (including phenoxy) is 1. The Balaban J connectivity index is 2.84. The van der Waals surface area contributed by atoms with Gasteiger partial charge in [0, 0.05) is 0 Å². The molecule has 0 bridgehead atoms. The van der Waals surface area contributed by atoms with Crippen LogP contribution in [0.4, 0.5) is 0 Å². The van der Waals surface area contributed by atoms with Gasteiger partial charge >= 0.3 is 0 Å². The molecule has 1 aromatic carbocycles. The molecule has 0 aliphatic heterocycles. The molecule has 1 aromatic rings. The SMILES string of the molecule is CCC(Oc1ccc(C)cc1Cl)C(N)=O. The minimum Gasteiger partial charge on any atom is -0.479 e. The summed E-state index contributed by atoms with van der Waals surface area (Å²) in [7, 11) is 0. The Bertz CT molecular complexity index is 366. The summed E-state index contributed by atoms with van der Waals surface area (Å²) < 4.78 is 5.40. The Morgan fingerprint density at radius 1 is 1.60 bits per heavy atom. The molecule has 0 heterocycles. The summed E-state index contributed by atoms with van der Waals surface area (Å²) in [6.07, 6.45) is -0.0929. The molecule has 4 heteroatoms. The van der Waals surface area contributed by atoms with Gasteiger partial charge in [-0.25, -0.2) is 0 Å². The maximum absolute atomic E-state index is 11.0. The standard InChI is InChI=1S/C11H14ClNO2/c1-3-9(11(13)14)15-10-5-4-7(2)6-8(10)12/h4-6,9H,3H2,1-2H3,(H2,13,14). The average molecular weight is 228 g/mol. The molecule has 0 aliphatic carbocycles. The summed E-state index contributed by atoms with van der Waals surface area (Å²) >= 11 is 5.96. The van der Waals surface area contributed by atoms with Crippen molar-refractivity contribution in [2.24, 2.45) is 5.73 Å². The van der Waals surface area contributed by atoms with E-state index in [-0.39, 0.29) is 0 Å². The number of primary amides is 1. The van der Waals surface area contributed by atoms with Crippen LogP contribution in [0.25, 0.3) is 0 Å². The Morgan fingerprint density at radius 2 is 2.27 bits per heavy atom. The zero-order valence-corrected chi connectivity index (χ0v) is 9.54. The topological polar surface area (TPSA) is 52.3 Å². The van der Waals surface area contributed by atoms with Crippen molar-refractivity contribution in [1.29, 1.82) is 0 Å². The number of nitrogens with two attached hydrogens (primary N) is 1. The molecule has 0 spiro atoms. The van der Waals surface area contributed by atoms with Gasteiger partial charge in [-0.3, -0.25) is 4.79 Å². The minimum absolute atomic E-state index is 0.478. The number of amides is 1. The average Bonchev–Trinajstić information content (AvgIpc) is 2.16. The van der Waals surface area contributed by atoms with Gasteiger partial charge in [-0.2, -0.15) is 0 Å². The van der Waals surface area contributed by atoms with Crippen LogP contribution in [0.1, 0.15) is 18.9 Å². The molecule has 0 radical (unpaired) electrons.